The second-order valence-corrected chi connectivity index (χ2v) is 7.30. The maximum atomic E-state index is 14.5. The summed E-state index contributed by atoms with van der Waals surface area (Å²) in [4.78, 5) is 11.3. The topological polar surface area (TPSA) is 54.3 Å². The molecule has 4 rings (SSSR count). The number of fused-ring (bicyclic) bond motifs is 1. The Morgan fingerprint density at radius 2 is 1.75 bits per heavy atom. The molecule has 0 aliphatic carbocycles. The number of carbonyl (C=O) groups excluding carboxylic acids is 1. The van der Waals surface area contributed by atoms with Crippen molar-refractivity contribution in [3.8, 4) is 5.75 Å². The summed E-state index contributed by atoms with van der Waals surface area (Å²) in [7, 11) is 0. The van der Waals surface area contributed by atoms with Crippen molar-refractivity contribution in [3.05, 3.63) is 100.0 Å². The number of carbonyl (C=O) groups is 1. The van der Waals surface area contributed by atoms with Crippen LogP contribution in [-0.2, 0) is 13.2 Å². The maximum Gasteiger partial charge on any atom is 1.00 e. The van der Waals surface area contributed by atoms with Gasteiger partial charge in [-0.15, -0.1) is 0 Å². The molecule has 158 valence electrons. The van der Waals surface area contributed by atoms with Crippen LogP contribution in [0.15, 0.2) is 60.8 Å². The fourth-order valence-corrected chi connectivity index (χ4v) is 3.58. The molecule has 0 amide bonds. The first-order valence-electron chi connectivity index (χ1n) is 9.17. The van der Waals surface area contributed by atoms with Gasteiger partial charge in [-0.3, -0.25) is 0 Å². The number of aromatic carboxylic acids is 1. The van der Waals surface area contributed by atoms with Crippen molar-refractivity contribution in [2.45, 2.75) is 13.2 Å². The van der Waals surface area contributed by atoms with Gasteiger partial charge in [-0.1, -0.05) is 11.6 Å². The molecule has 0 saturated heterocycles. The molecule has 0 bridgehead atoms. The SMILES string of the molecule is O=C([O-])c1ccc(F)c2c1ccn2Cc1cc(Cl)ccc1OCc1ccc(F)cc1F.[Na+]. The number of rotatable bonds is 6. The summed E-state index contributed by atoms with van der Waals surface area (Å²) in [5, 5.41) is 11.9. The maximum absolute atomic E-state index is 14.5. The van der Waals surface area contributed by atoms with E-state index in [1.165, 1.54) is 16.7 Å². The third kappa shape index (κ3) is 4.96. The van der Waals surface area contributed by atoms with Crippen molar-refractivity contribution < 1.29 is 57.4 Å². The minimum atomic E-state index is -1.41. The molecule has 0 atom stereocenters. The minimum absolute atomic E-state index is 0. The number of carboxylic acids is 1. The van der Waals surface area contributed by atoms with Crippen LogP contribution in [0, 0.1) is 17.5 Å². The Labute approximate surface area is 208 Å². The van der Waals surface area contributed by atoms with Crippen molar-refractivity contribution in [2.24, 2.45) is 0 Å². The summed E-state index contributed by atoms with van der Waals surface area (Å²) in [5.74, 6) is -3.06. The van der Waals surface area contributed by atoms with Gasteiger partial charge in [-0.25, -0.2) is 13.2 Å². The molecule has 0 aliphatic rings. The van der Waals surface area contributed by atoms with Crippen molar-refractivity contribution in [1.82, 2.24) is 4.57 Å². The van der Waals surface area contributed by atoms with Crippen LogP contribution < -0.4 is 39.4 Å². The third-order valence-corrected chi connectivity index (χ3v) is 5.09. The molecule has 9 heteroatoms. The van der Waals surface area contributed by atoms with Crippen LogP contribution in [-0.4, -0.2) is 10.5 Å². The van der Waals surface area contributed by atoms with Crippen LogP contribution in [0.3, 0.4) is 0 Å². The molecule has 0 radical (unpaired) electrons. The molecule has 0 unspecified atom stereocenters. The van der Waals surface area contributed by atoms with Crippen molar-refractivity contribution >= 4 is 28.5 Å². The van der Waals surface area contributed by atoms with E-state index in [4.69, 9.17) is 16.3 Å². The van der Waals surface area contributed by atoms with Crippen molar-refractivity contribution in [2.75, 3.05) is 0 Å². The van der Waals surface area contributed by atoms with Crippen LogP contribution in [0.4, 0.5) is 13.2 Å². The zero-order valence-corrected chi connectivity index (χ0v) is 19.6. The van der Waals surface area contributed by atoms with Crippen LogP contribution in [0.5, 0.6) is 5.75 Å². The number of halogens is 4. The van der Waals surface area contributed by atoms with Gasteiger partial charge in [-0.2, -0.15) is 0 Å². The van der Waals surface area contributed by atoms with E-state index in [0.29, 0.717) is 16.3 Å². The fraction of sp³-hybridized carbons (Fsp3) is 0.0870. The van der Waals surface area contributed by atoms with E-state index >= 15 is 0 Å². The number of nitrogens with zero attached hydrogens (tertiary/aromatic N) is 1. The summed E-state index contributed by atoms with van der Waals surface area (Å²) in [6.45, 7) is -0.0465. The normalized spacial score (nSPS) is 10.8. The Morgan fingerprint density at radius 3 is 2.47 bits per heavy atom. The smallest absolute Gasteiger partial charge is 0.545 e. The molecule has 32 heavy (non-hydrogen) atoms. The molecule has 0 fully saturated rings. The van der Waals surface area contributed by atoms with E-state index in [1.54, 1.807) is 24.4 Å². The van der Waals surface area contributed by atoms with E-state index in [0.717, 1.165) is 24.3 Å². The zero-order chi connectivity index (χ0) is 22.1. The second-order valence-electron chi connectivity index (χ2n) is 6.86. The van der Waals surface area contributed by atoms with Gasteiger partial charge >= 0.3 is 29.6 Å². The number of aromatic nitrogens is 1. The molecule has 0 saturated carbocycles. The monoisotopic (exact) mass is 467 g/mol. The Hall–Kier alpha value is -2.45. The van der Waals surface area contributed by atoms with E-state index in [-0.39, 0.29) is 64.7 Å². The van der Waals surface area contributed by atoms with Crippen LogP contribution in [0.1, 0.15) is 21.5 Å². The van der Waals surface area contributed by atoms with Crippen LogP contribution in [0.25, 0.3) is 10.9 Å². The standard InChI is InChI=1S/C23H15ClF3NO3.Na/c24-15-2-6-21(31-12-13-1-3-16(25)10-20(13)27)14(9-15)11-28-8-7-17-18(23(29)30)4-5-19(26)22(17)28;/h1-10H,11-12H2,(H,29,30);/q;+1/p-1. The average Bonchev–Trinajstić information content (AvgIpc) is 3.13. The Morgan fingerprint density at radius 1 is 0.969 bits per heavy atom. The number of hydrogen-bond donors (Lipinski definition) is 0. The van der Waals surface area contributed by atoms with Gasteiger partial charge in [0.25, 0.3) is 0 Å². The molecule has 4 aromatic rings. The number of hydrogen-bond acceptors (Lipinski definition) is 3. The van der Waals surface area contributed by atoms with Crippen LogP contribution in [0.2, 0.25) is 5.02 Å². The van der Waals surface area contributed by atoms with Gasteiger partial charge in [0, 0.05) is 39.4 Å². The molecule has 1 aromatic heterocycles. The molecule has 3 aromatic carbocycles. The molecule has 0 N–H and O–H groups in total. The summed E-state index contributed by atoms with van der Waals surface area (Å²) in [6, 6.07) is 11.7. The summed E-state index contributed by atoms with van der Waals surface area (Å²) in [6.07, 6.45) is 1.55. The summed E-state index contributed by atoms with van der Waals surface area (Å²) >= 11 is 6.11. The Kier molecular flexibility index (Phi) is 7.56. The minimum Gasteiger partial charge on any atom is -0.545 e. The Balaban J connectivity index is 0.00000289. The van der Waals surface area contributed by atoms with Gasteiger partial charge in [0.15, 0.2) is 0 Å². The third-order valence-electron chi connectivity index (χ3n) is 4.86. The predicted molar refractivity (Wildman–Crippen MR) is 107 cm³/mol. The zero-order valence-electron chi connectivity index (χ0n) is 16.9. The quantitative estimate of drug-likeness (QED) is 0.406. The largest absolute Gasteiger partial charge is 1.00 e. The predicted octanol–water partition coefficient (Wildman–Crippen LogP) is 1.71. The van der Waals surface area contributed by atoms with E-state index < -0.39 is 23.4 Å². The van der Waals surface area contributed by atoms with Crippen molar-refractivity contribution in [3.63, 3.8) is 0 Å². The first kappa shape index (κ1) is 24.2. The Bertz CT molecular complexity index is 1310. The molecule has 0 aliphatic heterocycles. The van der Waals surface area contributed by atoms with Crippen LogP contribution >= 0.6 is 11.6 Å². The second kappa shape index (κ2) is 10.0. The van der Waals surface area contributed by atoms with Crippen molar-refractivity contribution in [1.29, 1.82) is 0 Å². The summed E-state index contributed by atoms with van der Waals surface area (Å²) in [5.41, 5.74) is 0.700. The molecular weight excluding hydrogens is 454 g/mol. The molecule has 4 nitrogen and oxygen atoms in total. The number of ether oxygens (including phenoxy) is 1. The van der Waals surface area contributed by atoms with Gasteiger partial charge in [0.2, 0.25) is 0 Å². The fourth-order valence-electron chi connectivity index (χ4n) is 3.38. The molecule has 1 heterocycles. The number of benzene rings is 3. The average molecular weight is 468 g/mol. The van der Waals surface area contributed by atoms with E-state index in [1.807, 2.05) is 0 Å². The summed E-state index contributed by atoms with van der Waals surface area (Å²) < 4.78 is 48.7. The van der Waals surface area contributed by atoms with Gasteiger partial charge in [0.1, 0.15) is 29.8 Å². The van der Waals surface area contributed by atoms with Gasteiger partial charge < -0.3 is 19.2 Å². The van der Waals surface area contributed by atoms with Gasteiger partial charge in [0.05, 0.1) is 18.0 Å². The molecular formula is C23H14ClF3NNaO3. The van der Waals surface area contributed by atoms with Gasteiger partial charge in [-0.05, 0) is 48.5 Å². The van der Waals surface area contributed by atoms with E-state index in [9.17, 15) is 23.1 Å². The number of carboxylic acid groups (broad SMARTS) is 1. The first-order valence-corrected chi connectivity index (χ1v) is 9.55. The molecule has 0 spiro atoms. The van der Waals surface area contributed by atoms with E-state index in [2.05, 4.69) is 0 Å². The first-order chi connectivity index (χ1) is 14.8.